The molecule has 6 nitrogen and oxygen atoms in total. The number of aromatic nitrogens is 2. The smallest absolute Gasteiger partial charge is 0.269 e. The van der Waals surface area contributed by atoms with E-state index in [-0.39, 0.29) is 18.9 Å². The SMILES string of the molecule is Cn1nccc1C(=O)NCCC(=O)[O-]. The highest BCUT2D eigenvalue weighted by Gasteiger charge is 2.07. The molecule has 6 heteroatoms. The molecule has 0 aliphatic carbocycles. The van der Waals surface area contributed by atoms with E-state index in [9.17, 15) is 14.7 Å². The molecule has 0 saturated heterocycles. The number of nitrogens with one attached hydrogen (secondary N) is 1. The summed E-state index contributed by atoms with van der Waals surface area (Å²) in [5.41, 5.74) is 0.392. The molecule has 0 atom stereocenters. The van der Waals surface area contributed by atoms with Gasteiger partial charge in [-0.15, -0.1) is 0 Å². The van der Waals surface area contributed by atoms with E-state index in [2.05, 4.69) is 10.4 Å². The van der Waals surface area contributed by atoms with Gasteiger partial charge >= 0.3 is 0 Å². The maximum Gasteiger partial charge on any atom is 0.269 e. The molecule has 1 N–H and O–H groups in total. The molecule has 76 valence electrons. The van der Waals surface area contributed by atoms with Crippen molar-refractivity contribution in [2.45, 2.75) is 6.42 Å². The van der Waals surface area contributed by atoms with E-state index in [4.69, 9.17) is 0 Å². The fourth-order valence-corrected chi connectivity index (χ4v) is 0.965. The highest BCUT2D eigenvalue weighted by molar-refractivity contribution is 5.92. The van der Waals surface area contributed by atoms with Gasteiger partial charge in [0.25, 0.3) is 5.91 Å². The zero-order valence-electron chi connectivity index (χ0n) is 7.69. The van der Waals surface area contributed by atoms with Crippen LogP contribution in [0.1, 0.15) is 16.9 Å². The number of aryl methyl sites for hydroxylation is 1. The molecule has 14 heavy (non-hydrogen) atoms. The van der Waals surface area contributed by atoms with Crippen LogP contribution in [0.25, 0.3) is 0 Å². The van der Waals surface area contributed by atoms with E-state index < -0.39 is 5.97 Å². The Morgan fingerprint density at radius 1 is 1.64 bits per heavy atom. The van der Waals surface area contributed by atoms with Crippen LogP contribution in [0.3, 0.4) is 0 Å². The molecule has 1 amide bonds. The van der Waals surface area contributed by atoms with Crippen LogP contribution in [0.4, 0.5) is 0 Å². The van der Waals surface area contributed by atoms with Crippen molar-refractivity contribution in [3.8, 4) is 0 Å². The van der Waals surface area contributed by atoms with Crippen LogP contribution in [0.5, 0.6) is 0 Å². The Labute approximate surface area is 80.5 Å². The summed E-state index contributed by atoms with van der Waals surface area (Å²) in [7, 11) is 1.63. The normalized spacial score (nSPS) is 9.79. The lowest BCUT2D eigenvalue weighted by atomic mass is 10.3. The first kappa shape index (κ1) is 10.2. The number of carboxylic acids is 1. The van der Waals surface area contributed by atoms with Gasteiger partial charge in [-0.2, -0.15) is 5.10 Å². The molecule has 0 aliphatic heterocycles. The second-order valence-electron chi connectivity index (χ2n) is 2.72. The lowest BCUT2D eigenvalue weighted by Gasteiger charge is -2.05. The molecule has 1 aromatic heterocycles. The van der Waals surface area contributed by atoms with Gasteiger partial charge in [0, 0.05) is 32.2 Å². The predicted octanol–water partition coefficient (Wildman–Crippen LogP) is -1.71. The monoisotopic (exact) mass is 196 g/mol. The summed E-state index contributed by atoms with van der Waals surface area (Å²) in [6.07, 6.45) is 1.30. The van der Waals surface area contributed by atoms with E-state index in [1.54, 1.807) is 13.1 Å². The molecule has 0 aromatic carbocycles. The summed E-state index contributed by atoms with van der Waals surface area (Å²) in [4.78, 5) is 21.4. The van der Waals surface area contributed by atoms with Gasteiger partial charge < -0.3 is 15.2 Å². The van der Waals surface area contributed by atoms with Crippen molar-refractivity contribution < 1.29 is 14.7 Å². The van der Waals surface area contributed by atoms with E-state index in [1.807, 2.05) is 0 Å². The van der Waals surface area contributed by atoms with Gasteiger partial charge in [0.15, 0.2) is 0 Å². The third-order valence-electron chi connectivity index (χ3n) is 1.67. The predicted molar refractivity (Wildman–Crippen MR) is 45.2 cm³/mol. The van der Waals surface area contributed by atoms with E-state index in [0.717, 1.165) is 0 Å². The van der Waals surface area contributed by atoms with Crippen LogP contribution in [0.15, 0.2) is 12.3 Å². The van der Waals surface area contributed by atoms with Gasteiger partial charge in [-0.3, -0.25) is 9.48 Å². The lowest BCUT2D eigenvalue weighted by molar-refractivity contribution is -0.305. The summed E-state index contributed by atoms with van der Waals surface area (Å²) in [6, 6.07) is 1.55. The molecule has 0 radical (unpaired) electrons. The molecule has 0 spiro atoms. The van der Waals surface area contributed by atoms with Crippen molar-refractivity contribution in [3.05, 3.63) is 18.0 Å². The summed E-state index contributed by atoms with van der Waals surface area (Å²) < 4.78 is 1.41. The maximum absolute atomic E-state index is 11.3. The second-order valence-corrected chi connectivity index (χ2v) is 2.72. The van der Waals surface area contributed by atoms with Gasteiger partial charge in [-0.25, -0.2) is 0 Å². The van der Waals surface area contributed by atoms with Gasteiger partial charge in [0.1, 0.15) is 5.69 Å². The zero-order valence-corrected chi connectivity index (χ0v) is 7.69. The standard InChI is InChI=1S/C8H11N3O3/c1-11-6(2-5-10-11)8(14)9-4-3-7(12)13/h2,5H,3-4H2,1H3,(H,9,14)(H,12,13)/p-1. The highest BCUT2D eigenvalue weighted by atomic mass is 16.4. The van der Waals surface area contributed by atoms with Crippen LogP contribution in [-0.2, 0) is 11.8 Å². The van der Waals surface area contributed by atoms with E-state index in [1.165, 1.54) is 10.9 Å². The number of carbonyl (C=O) groups is 2. The molecule has 0 unspecified atom stereocenters. The molecule has 0 aliphatic rings. The first-order valence-corrected chi connectivity index (χ1v) is 4.07. The number of hydrogen-bond acceptors (Lipinski definition) is 4. The average molecular weight is 196 g/mol. The Morgan fingerprint density at radius 2 is 2.36 bits per heavy atom. The maximum atomic E-state index is 11.3. The van der Waals surface area contributed by atoms with E-state index >= 15 is 0 Å². The van der Waals surface area contributed by atoms with Crippen LogP contribution in [0, 0.1) is 0 Å². The number of amides is 1. The Bertz CT molecular complexity index is 345. The fraction of sp³-hybridized carbons (Fsp3) is 0.375. The molecule has 0 bridgehead atoms. The van der Waals surface area contributed by atoms with E-state index in [0.29, 0.717) is 5.69 Å². The Kier molecular flexibility index (Phi) is 3.22. The minimum Gasteiger partial charge on any atom is -0.550 e. The lowest BCUT2D eigenvalue weighted by Crippen LogP contribution is -2.31. The van der Waals surface area contributed by atoms with Crippen molar-refractivity contribution >= 4 is 11.9 Å². The number of carbonyl (C=O) groups excluding carboxylic acids is 2. The molecular weight excluding hydrogens is 186 g/mol. The van der Waals surface area contributed by atoms with Crippen LogP contribution >= 0.6 is 0 Å². The zero-order chi connectivity index (χ0) is 10.6. The van der Waals surface area contributed by atoms with Gasteiger partial charge in [0.05, 0.1) is 0 Å². The van der Waals surface area contributed by atoms with Crippen LogP contribution < -0.4 is 10.4 Å². The number of carboxylic acid groups (broad SMARTS) is 1. The summed E-state index contributed by atoms with van der Waals surface area (Å²) >= 11 is 0. The van der Waals surface area contributed by atoms with Crippen molar-refractivity contribution in [1.29, 1.82) is 0 Å². The number of rotatable bonds is 4. The second kappa shape index (κ2) is 4.40. The Hall–Kier alpha value is -1.85. The first-order chi connectivity index (χ1) is 6.61. The van der Waals surface area contributed by atoms with Crippen LogP contribution in [-0.4, -0.2) is 28.2 Å². The molecule has 1 aromatic rings. The van der Waals surface area contributed by atoms with Gasteiger partial charge in [-0.05, 0) is 6.07 Å². The van der Waals surface area contributed by atoms with Crippen molar-refractivity contribution in [2.24, 2.45) is 7.05 Å². The van der Waals surface area contributed by atoms with Gasteiger partial charge in [0.2, 0.25) is 0 Å². The quantitative estimate of drug-likeness (QED) is 0.621. The fourth-order valence-electron chi connectivity index (χ4n) is 0.965. The van der Waals surface area contributed by atoms with Gasteiger partial charge in [-0.1, -0.05) is 0 Å². The third kappa shape index (κ3) is 2.58. The van der Waals surface area contributed by atoms with Crippen molar-refractivity contribution in [3.63, 3.8) is 0 Å². The van der Waals surface area contributed by atoms with Crippen molar-refractivity contribution in [2.75, 3.05) is 6.54 Å². The first-order valence-electron chi connectivity index (χ1n) is 4.07. The third-order valence-corrected chi connectivity index (χ3v) is 1.67. The summed E-state index contributed by atoms with van der Waals surface area (Å²) in [5, 5.41) is 16.3. The molecular formula is C8H10N3O3-. The topological polar surface area (TPSA) is 87.0 Å². The molecule has 1 heterocycles. The molecule has 0 saturated carbocycles. The minimum atomic E-state index is -1.18. The number of nitrogens with zero attached hydrogens (tertiary/aromatic N) is 2. The highest BCUT2D eigenvalue weighted by Crippen LogP contribution is 1.95. The molecule has 1 rings (SSSR count). The summed E-state index contributed by atoms with van der Waals surface area (Å²) in [5.74, 6) is -1.53. The molecule has 0 fully saturated rings. The minimum absolute atomic E-state index is 0.0619. The number of hydrogen-bond donors (Lipinski definition) is 1. The van der Waals surface area contributed by atoms with Crippen molar-refractivity contribution in [1.82, 2.24) is 15.1 Å². The van der Waals surface area contributed by atoms with Crippen LogP contribution in [0.2, 0.25) is 0 Å². The summed E-state index contributed by atoms with van der Waals surface area (Å²) in [6.45, 7) is 0.0619. The largest absolute Gasteiger partial charge is 0.550 e. The average Bonchev–Trinajstić information content (AvgIpc) is 2.50. The number of aliphatic carboxylic acids is 1. The Balaban J connectivity index is 2.44. The Morgan fingerprint density at radius 3 is 2.86 bits per heavy atom.